The van der Waals surface area contributed by atoms with Crippen LogP contribution in [0.25, 0.3) is 0 Å². The first-order valence-corrected chi connectivity index (χ1v) is 7.38. The maximum absolute atomic E-state index is 11.3. The molecule has 4 nitrogen and oxygen atoms in total. The average Bonchev–Trinajstić information content (AvgIpc) is 2.37. The summed E-state index contributed by atoms with van der Waals surface area (Å²) in [6.45, 7) is 8.00. The molecule has 0 aliphatic carbocycles. The largest absolute Gasteiger partial charge is 0.368 e. The molecule has 0 radical (unpaired) electrons. The Labute approximate surface area is 126 Å². The Bertz CT molecular complexity index is 449. The zero-order chi connectivity index (χ0) is 15.1. The van der Waals surface area contributed by atoms with Gasteiger partial charge in [0.25, 0.3) is 0 Å². The van der Waals surface area contributed by atoms with Gasteiger partial charge in [-0.1, -0.05) is 24.6 Å². The smallest absolute Gasteiger partial charge is 0.236 e. The molecule has 0 aliphatic rings. The number of hydrogen-bond donors (Lipinski definition) is 2. The van der Waals surface area contributed by atoms with E-state index in [4.69, 9.17) is 17.3 Å². The molecular formula is C15H24ClN3O. The van der Waals surface area contributed by atoms with E-state index in [2.05, 4.69) is 12.2 Å². The SMILES string of the molecule is CCCNCc1c(Cl)cccc1N(CC(N)=O)C(C)C. The maximum atomic E-state index is 11.3. The van der Waals surface area contributed by atoms with Gasteiger partial charge in [-0.25, -0.2) is 0 Å². The molecule has 0 aromatic heterocycles. The second-order valence-electron chi connectivity index (χ2n) is 5.10. The van der Waals surface area contributed by atoms with Crippen LogP contribution in [-0.4, -0.2) is 25.0 Å². The molecule has 0 fully saturated rings. The molecule has 3 N–H and O–H groups in total. The summed E-state index contributed by atoms with van der Waals surface area (Å²) < 4.78 is 0. The number of primary amides is 1. The van der Waals surface area contributed by atoms with Crippen molar-refractivity contribution in [2.24, 2.45) is 5.73 Å². The van der Waals surface area contributed by atoms with E-state index in [1.807, 2.05) is 36.9 Å². The molecule has 0 saturated carbocycles. The van der Waals surface area contributed by atoms with Gasteiger partial charge in [0.15, 0.2) is 0 Å². The molecule has 112 valence electrons. The Morgan fingerprint density at radius 2 is 2.15 bits per heavy atom. The Morgan fingerprint density at radius 3 is 2.70 bits per heavy atom. The number of carbonyl (C=O) groups excluding carboxylic acids is 1. The van der Waals surface area contributed by atoms with Crippen molar-refractivity contribution in [3.05, 3.63) is 28.8 Å². The summed E-state index contributed by atoms with van der Waals surface area (Å²) in [5.74, 6) is -0.342. The number of halogens is 1. The van der Waals surface area contributed by atoms with Gasteiger partial charge in [0.1, 0.15) is 0 Å². The van der Waals surface area contributed by atoms with E-state index in [1.165, 1.54) is 0 Å². The van der Waals surface area contributed by atoms with Crippen LogP contribution in [-0.2, 0) is 11.3 Å². The third-order valence-electron chi connectivity index (χ3n) is 3.08. The summed E-state index contributed by atoms with van der Waals surface area (Å²) in [4.78, 5) is 13.3. The number of hydrogen-bond acceptors (Lipinski definition) is 3. The zero-order valence-corrected chi connectivity index (χ0v) is 13.2. The predicted molar refractivity (Wildman–Crippen MR) is 85.1 cm³/mol. The fourth-order valence-electron chi connectivity index (χ4n) is 2.10. The fourth-order valence-corrected chi connectivity index (χ4v) is 2.33. The third-order valence-corrected chi connectivity index (χ3v) is 3.44. The van der Waals surface area contributed by atoms with E-state index in [0.29, 0.717) is 11.6 Å². The Hall–Kier alpha value is -1.26. The summed E-state index contributed by atoms with van der Waals surface area (Å²) in [7, 11) is 0. The standard InChI is InChI=1S/C15H24ClN3O/c1-4-8-18-9-12-13(16)6-5-7-14(12)19(11(2)3)10-15(17)20/h5-7,11,18H,4,8-10H2,1-3H3,(H2,17,20). The molecule has 1 aromatic carbocycles. The molecule has 1 rings (SSSR count). The second-order valence-corrected chi connectivity index (χ2v) is 5.51. The van der Waals surface area contributed by atoms with Crippen LogP contribution in [0.15, 0.2) is 18.2 Å². The molecular weight excluding hydrogens is 274 g/mol. The van der Waals surface area contributed by atoms with Crippen LogP contribution in [0.1, 0.15) is 32.8 Å². The minimum absolute atomic E-state index is 0.172. The van der Waals surface area contributed by atoms with Crippen LogP contribution in [0.3, 0.4) is 0 Å². The van der Waals surface area contributed by atoms with E-state index < -0.39 is 0 Å². The van der Waals surface area contributed by atoms with Crippen molar-refractivity contribution in [2.45, 2.75) is 39.8 Å². The van der Waals surface area contributed by atoms with Crippen molar-refractivity contribution in [3.8, 4) is 0 Å². The van der Waals surface area contributed by atoms with Crippen LogP contribution < -0.4 is 16.0 Å². The van der Waals surface area contributed by atoms with Gasteiger partial charge < -0.3 is 16.0 Å². The maximum Gasteiger partial charge on any atom is 0.236 e. The van der Waals surface area contributed by atoms with Gasteiger partial charge in [-0.05, 0) is 38.9 Å². The summed E-state index contributed by atoms with van der Waals surface area (Å²) in [6, 6.07) is 5.93. The average molecular weight is 298 g/mol. The van der Waals surface area contributed by atoms with Crippen molar-refractivity contribution in [3.63, 3.8) is 0 Å². The zero-order valence-electron chi connectivity index (χ0n) is 12.4. The Morgan fingerprint density at radius 1 is 1.45 bits per heavy atom. The highest BCUT2D eigenvalue weighted by molar-refractivity contribution is 6.31. The van der Waals surface area contributed by atoms with E-state index >= 15 is 0 Å². The van der Waals surface area contributed by atoms with E-state index in [9.17, 15) is 4.79 Å². The Balaban J connectivity index is 3.06. The highest BCUT2D eigenvalue weighted by Gasteiger charge is 2.18. The lowest BCUT2D eigenvalue weighted by Crippen LogP contribution is -2.39. The normalized spacial score (nSPS) is 10.8. The Kier molecular flexibility index (Phi) is 6.82. The van der Waals surface area contributed by atoms with Crippen LogP contribution >= 0.6 is 11.6 Å². The van der Waals surface area contributed by atoms with Gasteiger partial charge in [-0.2, -0.15) is 0 Å². The number of nitrogens with one attached hydrogen (secondary N) is 1. The van der Waals surface area contributed by atoms with Crippen molar-refractivity contribution < 1.29 is 4.79 Å². The molecule has 0 heterocycles. The molecule has 1 amide bonds. The van der Waals surface area contributed by atoms with Crippen LogP contribution in [0.2, 0.25) is 5.02 Å². The lowest BCUT2D eigenvalue weighted by Gasteiger charge is -2.30. The quantitative estimate of drug-likeness (QED) is 0.725. The first-order valence-electron chi connectivity index (χ1n) is 7.00. The van der Waals surface area contributed by atoms with Crippen molar-refractivity contribution >= 4 is 23.2 Å². The summed E-state index contributed by atoms with van der Waals surface area (Å²) in [5, 5.41) is 4.06. The number of carbonyl (C=O) groups is 1. The monoisotopic (exact) mass is 297 g/mol. The minimum Gasteiger partial charge on any atom is -0.368 e. The lowest BCUT2D eigenvalue weighted by molar-refractivity contribution is -0.116. The summed E-state index contributed by atoms with van der Waals surface area (Å²) in [6.07, 6.45) is 1.06. The van der Waals surface area contributed by atoms with Gasteiger partial charge in [0.2, 0.25) is 5.91 Å². The molecule has 1 aromatic rings. The molecule has 5 heteroatoms. The number of rotatable bonds is 8. The number of anilines is 1. The van der Waals surface area contributed by atoms with Crippen molar-refractivity contribution in [2.75, 3.05) is 18.0 Å². The van der Waals surface area contributed by atoms with Gasteiger partial charge in [0, 0.05) is 28.9 Å². The van der Waals surface area contributed by atoms with Gasteiger partial charge in [0.05, 0.1) is 6.54 Å². The number of nitrogens with two attached hydrogens (primary N) is 1. The highest BCUT2D eigenvalue weighted by Crippen LogP contribution is 2.28. The summed E-state index contributed by atoms with van der Waals surface area (Å²) in [5.41, 5.74) is 7.33. The van der Waals surface area contributed by atoms with Crippen molar-refractivity contribution in [1.82, 2.24) is 5.32 Å². The molecule has 0 atom stereocenters. The fraction of sp³-hybridized carbons (Fsp3) is 0.533. The number of amides is 1. The number of benzene rings is 1. The van der Waals surface area contributed by atoms with Gasteiger partial charge >= 0.3 is 0 Å². The van der Waals surface area contributed by atoms with Gasteiger partial charge in [-0.15, -0.1) is 0 Å². The highest BCUT2D eigenvalue weighted by atomic mass is 35.5. The predicted octanol–water partition coefficient (Wildman–Crippen LogP) is 2.54. The topological polar surface area (TPSA) is 58.4 Å². The molecule has 20 heavy (non-hydrogen) atoms. The first kappa shape index (κ1) is 16.8. The number of nitrogens with zero attached hydrogens (tertiary/aromatic N) is 1. The lowest BCUT2D eigenvalue weighted by atomic mass is 10.1. The first-order chi connectivity index (χ1) is 9.47. The van der Waals surface area contributed by atoms with E-state index in [-0.39, 0.29) is 18.5 Å². The summed E-state index contributed by atoms with van der Waals surface area (Å²) >= 11 is 6.31. The molecule has 0 spiro atoms. The van der Waals surface area contributed by atoms with Crippen LogP contribution in [0.4, 0.5) is 5.69 Å². The van der Waals surface area contributed by atoms with Crippen molar-refractivity contribution in [1.29, 1.82) is 0 Å². The molecule has 0 bridgehead atoms. The van der Waals surface area contributed by atoms with E-state index in [0.717, 1.165) is 24.2 Å². The minimum atomic E-state index is -0.342. The second kappa shape index (κ2) is 8.12. The molecule has 0 aliphatic heterocycles. The molecule has 0 saturated heterocycles. The molecule has 0 unspecified atom stereocenters. The van der Waals surface area contributed by atoms with Crippen LogP contribution in [0.5, 0.6) is 0 Å². The third kappa shape index (κ3) is 4.69. The van der Waals surface area contributed by atoms with Crippen LogP contribution in [0, 0.1) is 0 Å². The van der Waals surface area contributed by atoms with E-state index in [1.54, 1.807) is 0 Å². The van der Waals surface area contributed by atoms with Gasteiger partial charge in [-0.3, -0.25) is 4.79 Å².